The van der Waals surface area contributed by atoms with Gasteiger partial charge in [0, 0.05) is 16.1 Å². The summed E-state index contributed by atoms with van der Waals surface area (Å²) in [5.74, 6) is -0.281. The molecule has 2 rings (SSSR count). The molecular weight excluding hydrogens is 467 g/mol. The second-order valence-corrected chi connectivity index (χ2v) is 8.22. The van der Waals surface area contributed by atoms with Crippen LogP contribution in [0.15, 0.2) is 36.3 Å². The molecule has 1 aromatic heterocycles. The van der Waals surface area contributed by atoms with Crippen LogP contribution < -0.4 is 4.74 Å². The van der Waals surface area contributed by atoms with Gasteiger partial charge in [-0.25, -0.2) is 4.39 Å². The molecule has 0 saturated carbocycles. The second kappa shape index (κ2) is 6.47. The zero-order valence-electron chi connectivity index (χ0n) is 9.25. The Balaban J connectivity index is 2.06. The molecule has 100 valence electrons. The minimum atomic E-state index is -0.420. The van der Waals surface area contributed by atoms with Crippen LogP contribution in [0.3, 0.4) is 0 Å². The Bertz CT molecular complexity index is 607. The molecule has 0 fully saturated rings. The van der Waals surface area contributed by atoms with Crippen molar-refractivity contribution >= 4 is 64.9 Å². The molecule has 2 aromatic rings. The molecule has 2 nitrogen and oxygen atoms in total. The van der Waals surface area contributed by atoms with Gasteiger partial charge in [0.2, 0.25) is 5.78 Å². The smallest absolute Gasteiger partial charge is 0.202 e. The Hall–Kier alpha value is -0.240. The summed E-state index contributed by atoms with van der Waals surface area (Å²) in [7, 11) is 0. The van der Waals surface area contributed by atoms with Gasteiger partial charge in [-0.1, -0.05) is 15.9 Å². The van der Waals surface area contributed by atoms with E-state index in [1.165, 1.54) is 23.5 Å². The maximum atomic E-state index is 13.1. The van der Waals surface area contributed by atoms with Crippen molar-refractivity contribution in [2.24, 2.45) is 0 Å². The van der Waals surface area contributed by atoms with Gasteiger partial charge in [0.05, 0.1) is 7.57 Å². The van der Waals surface area contributed by atoms with Crippen LogP contribution in [0.4, 0.5) is 4.39 Å². The van der Waals surface area contributed by atoms with Crippen molar-refractivity contribution in [1.82, 2.24) is 0 Å². The lowest BCUT2D eigenvalue weighted by atomic mass is 10.2. The second-order valence-electron chi connectivity index (χ2n) is 3.55. The highest BCUT2D eigenvalue weighted by Crippen LogP contribution is 2.32. The van der Waals surface area contributed by atoms with Crippen molar-refractivity contribution in [2.45, 2.75) is 0 Å². The first kappa shape index (κ1) is 15.2. The maximum absolute atomic E-state index is 13.1. The third-order valence-corrected chi connectivity index (χ3v) is 4.96. The molecule has 0 aliphatic carbocycles. The molecule has 1 aromatic carbocycles. The first-order valence-electron chi connectivity index (χ1n) is 5.02. The Morgan fingerprint density at radius 2 is 1.95 bits per heavy atom. The van der Waals surface area contributed by atoms with Crippen LogP contribution in [0.25, 0.3) is 0 Å². The van der Waals surface area contributed by atoms with Crippen molar-refractivity contribution in [3.8, 4) is 5.75 Å². The van der Waals surface area contributed by atoms with Gasteiger partial charge in [-0.05, 0) is 50.1 Å². The molecule has 19 heavy (non-hydrogen) atoms. The number of halogens is 4. The summed E-state index contributed by atoms with van der Waals surface area (Å²) < 4.78 is 20.6. The fraction of sp³-hybridized carbons (Fsp3) is 0.0833. The van der Waals surface area contributed by atoms with Gasteiger partial charge in [0.15, 0.2) is 6.61 Å². The normalized spacial score (nSPS) is 10.5. The third-order valence-electron chi connectivity index (χ3n) is 2.16. The summed E-state index contributed by atoms with van der Waals surface area (Å²) in [6.07, 6.45) is 0. The van der Waals surface area contributed by atoms with E-state index in [2.05, 4.69) is 47.8 Å². The van der Waals surface area contributed by atoms with Gasteiger partial charge >= 0.3 is 0 Å². The first-order valence-corrected chi connectivity index (χ1v) is 8.22. The standard InChI is InChI=1S/C12H6Br3FO2S/c13-6-1-7(16)3-8(2-6)18-5-10(17)9-4-11(14)19-12(9)15/h1-4H,5H2. The van der Waals surface area contributed by atoms with E-state index in [1.54, 1.807) is 12.1 Å². The minimum Gasteiger partial charge on any atom is -0.485 e. The quantitative estimate of drug-likeness (QED) is 0.554. The van der Waals surface area contributed by atoms with Crippen LogP contribution in [-0.2, 0) is 0 Å². The van der Waals surface area contributed by atoms with Crippen LogP contribution in [0.5, 0.6) is 5.75 Å². The van der Waals surface area contributed by atoms with E-state index in [0.717, 1.165) is 7.57 Å². The van der Waals surface area contributed by atoms with Crippen molar-refractivity contribution in [1.29, 1.82) is 0 Å². The van der Waals surface area contributed by atoms with E-state index in [1.807, 2.05) is 0 Å². The van der Waals surface area contributed by atoms with Crippen LogP contribution >= 0.6 is 59.1 Å². The van der Waals surface area contributed by atoms with Crippen molar-refractivity contribution in [3.05, 3.63) is 47.7 Å². The summed E-state index contributed by atoms with van der Waals surface area (Å²) in [4.78, 5) is 11.9. The van der Waals surface area contributed by atoms with Gasteiger partial charge in [-0.3, -0.25) is 4.79 Å². The molecule has 0 amide bonds. The fourth-order valence-electron chi connectivity index (χ4n) is 1.37. The summed E-state index contributed by atoms with van der Waals surface area (Å²) in [5.41, 5.74) is 0.548. The van der Waals surface area contributed by atoms with E-state index in [9.17, 15) is 9.18 Å². The monoisotopic (exact) mass is 470 g/mol. The number of hydrogen-bond donors (Lipinski definition) is 0. The maximum Gasteiger partial charge on any atom is 0.202 e. The van der Waals surface area contributed by atoms with Crippen molar-refractivity contribution in [2.75, 3.05) is 6.61 Å². The number of ether oxygens (including phenoxy) is 1. The molecule has 1 heterocycles. The van der Waals surface area contributed by atoms with Gasteiger partial charge in [0.1, 0.15) is 11.6 Å². The number of rotatable bonds is 4. The van der Waals surface area contributed by atoms with Crippen LogP contribution in [0.1, 0.15) is 10.4 Å². The zero-order chi connectivity index (χ0) is 14.0. The number of Topliss-reactive ketones (excluding diaryl/α,β-unsaturated/α-hetero) is 1. The number of carbonyl (C=O) groups excluding carboxylic acids is 1. The van der Waals surface area contributed by atoms with Crippen LogP contribution in [0.2, 0.25) is 0 Å². The first-order chi connectivity index (χ1) is 8.95. The highest BCUT2D eigenvalue weighted by molar-refractivity contribution is 9.12. The Morgan fingerprint density at radius 1 is 1.21 bits per heavy atom. The summed E-state index contributed by atoms with van der Waals surface area (Å²) in [6, 6.07) is 5.88. The molecule has 0 N–H and O–H groups in total. The van der Waals surface area contributed by atoms with E-state index in [0.29, 0.717) is 15.8 Å². The molecule has 0 bridgehead atoms. The summed E-state index contributed by atoms with van der Waals surface area (Å²) in [5, 5.41) is 0. The summed E-state index contributed by atoms with van der Waals surface area (Å²) in [6.45, 7) is -0.141. The lowest BCUT2D eigenvalue weighted by Gasteiger charge is -2.05. The summed E-state index contributed by atoms with van der Waals surface area (Å²) >= 11 is 11.2. The van der Waals surface area contributed by atoms with Gasteiger partial charge in [0.25, 0.3) is 0 Å². The van der Waals surface area contributed by atoms with Gasteiger partial charge < -0.3 is 4.74 Å². The average Bonchev–Trinajstić information content (AvgIpc) is 2.64. The number of thiophene rings is 1. The number of benzene rings is 1. The molecule has 0 unspecified atom stereocenters. The molecule has 7 heteroatoms. The number of hydrogen-bond acceptors (Lipinski definition) is 3. The Labute approximate surface area is 138 Å². The average molecular weight is 473 g/mol. The van der Waals surface area contributed by atoms with Crippen molar-refractivity contribution in [3.63, 3.8) is 0 Å². The molecular formula is C12H6Br3FO2S. The number of ketones is 1. The zero-order valence-corrected chi connectivity index (χ0v) is 14.8. The van der Waals surface area contributed by atoms with E-state index in [4.69, 9.17) is 4.74 Å². The molecule has 0 saturated heterocycles. The van der Waals surface area contributed by atoms with Gasteiger partial charge in [-0.2, -0.15) is 0 Å². The lowest BCUT2D eigenvalue weighted by molar-refractivity contribution is 0.0921. The van der Waals surface area contributed by atoms with E-state index >= 15 is 0 Å². The van der Waals surface area contributed by atoms with Crippen LogP contribution in [-0.4, -0.2) is 12.4 Å². The fourth-order valence-corrected chi connectivity index (χ4v) is 4.67. The highest BCUT2D eigenvalue weighted by atomic mass is 79.9. The molecule has 0 atom stereocenters. The van der Waals surface area contributed by atoms with Crippen molar-refractivity contribution < 1.29 is 13.9 Å². The third kappa shape index (κ3) is 4.11. The lowest BCUT2D eigenvalue weighted by Crippen LogP contribution is -2.11. The Morgan fingerprint density at radius 3 is 2.53 bits per heavy atom. The predicted molar refractivity (Wildman–Crippen MR) is 83.6 cm³/mol. The largest absolute Gasteiger partial charge is 0.485 e. The van der Waals surface area contributed by atoms with Crippen LogP contribution in [0, 0.1) is 5.82 Å². The topological polar surface area (TPSA) is 26.3 Å². The highest BCUT2D eigenvalue weighted by Gasteiger charge is 2.14. The number of carbonyl (C=O) groups is 1. The molecule has 0 radical (unpaired) electrons. The predicted octanol–water partition coefficient (Wildman–Crippen LogP) is 5.44. The van der Waals surface area contributed by atoms with Gasteiger partial charge in [-0.15, -0.1) is 11.3 Å². The van der Waals surface area contributed by atoms with E-state index in [-0.39, 0.29) is 12.4 Å². The molecule has 0 aliphatic rings. The Kier molecular flexibility index (Phi) is 5.16. The molecule has 0 aliphatic heterocycles. The SMILES string of the molecule is O=C(COc1cc(F)cc(Br)c1)c1cc(Br)sc1Br. The molecule has 0 spiro atoms. The minimum absolute atomic E-state index is 0.141. The van der Waals surface area contributed by atoms with E-state index < -0.39 is 5.82 Å².